The van der Waals surface area contributed by atoms with Crippen molar-refractivity contribution in [2.24, 2.45) is 0 Å². The molecule has 0 N–H and O–H groups in total. The molecule has 0 saturated carbocycles. The van der Waals surface area contributed by atoms with Gasteiger partial charge in [0.05, 0.1) is 10.2 Å². The van der Waals surface area contributed by atoms with E-state index in [1.165, 1.54) is 6.33 Å². The summed E-state index contributed by atoms with van der Waals surface area (Å²) in [6, 6.07) is 0. The number of rotatable bonds is 4. The highest BCUT2D eigenvalue weighted by Crippen LogP contribution is 2.13. The predicted octanol–water partition coefficient (Wildman–Crippen LogP) is 2.15. The van der Waals surface area contributed by atoms with E-state index < -0.39 is 0 Å². The van der Waals surface area contributed by atoms with Crippen LogP contribution in [0.4, 0.5) is 0 Å². The van der Waals surface area contributed by atoms with E-state index in [2.05, 4.69) is 25.9 Å². The third kappa shape index (κ3) is 3.22. The summed E-state index contributed by atoms with van der Waals surface area (Å²) in [5.41, 5.74) is 0.772. The van der Waals surface area contributed by atoms with Gasteiger partial charge in [-0.3, -0.25) is 4.79 Å². The van der Waals surface area contributed by atoms with Crippen molar-refractivity contribution < 1.29 is 4.79 Å². The van der Waals surface area contributed by atoms with E-state index in [0.717, 1.165) is 16.6 Å². The van der Waals surface area contributed by atoms with Gasteiger partial charge in [0.1, 0.15) is 12.1 Å². The topological polar surface area (TPSA) is 42.9 Å². The second-order valence-electron chi connectivity index (χ2n) is 2.78. The highest BCUT2D eigenvalue weighted by molar-refractivity contribution is 9.10. The molecule has 0 aromatic carbocycles. The molecule has 0 bridgehead atoms. The Labute approximate surface area is 85.7 Å². The zero-order chi connectivity index (χ0) is 9.68. The van der Waals surface area contributed by atoms with Crippen LogP contribution in [0.15, 0.2) is 17.0 Å². The average Bonchev–Trinajstić information content (AvgIpc) is 2.09. The minimum atomic E-state index is 0.224. The Balaban J connectivity index is 2.63. The molecule has 0 amide bonds. The summed E-state index contributed by atoms with van der Waals surface area (Å²) >= 11 is 3.30. The first-order chi connectivity index (χ1) is 6.24. The lowest BCUT2D eigenvalue weighted by Gasteiger charge is -2.00. The van der Waals surface area contributed by atoms with Crippen LogP contribution in [-0.2, 0) is 11.2 Å². The summed E-state index contributed by atoms with van der Waals surface area (Å²) in [7, 11) is 0. The van der Waals surface area contributed by atoms with Gasteiger partial charge >= 0.3 is 0 Å². The number of carbonyl (C=O) groups excluding carboxylic acids is 1. The van der Waals surface area contributed by atoms with E-state index in [1.54, 1.807) is 6.20 Å². The van der Waals surface area contributed by atoms with Crippen LogP contribution in [0.2, 0.25) is 0 Å². The van der Waals surface area contributed by atoms with E-state index in [0.29, 0.717) is 12.8 Å². The molecule has 0 radical (unpaired) electrons. The lowest BCUT2D eigenvalue weighted by molar-refractivity contribution is -0.118. The standard InChI is InChI=1S/C9H11BrN2O/c1-2-3-7(13)4-9-8(10)5-11-6-12-9/h5-6H,2-4H2,1H3. The van der Waals surface area contributed by atoms with Crippen molar-refractivity contribution in [3.63, 3.8) is 0 Å². The zero-order valence-corrected chi connectivity index (χ0v) is 9.04. The lowest BCUT2D eigenvalue weighted by atomic mass is 10.1. The minimum absolute atomic E-state index is 0.224. The maximum atomic E-state index is 11.3. The predicted molar refractivity (Wildman–Crippen MR) is 53.4 cm³/mol. The Morgan fingerprint density at radius 1 is 1.62 bits per heavy atom. The third-order valence-electron chi connectivity index (χ3n) is 1.64. The van der Waals surface area contributed by atoms with Crippen LogP contribution in [0.3, 0.4) is 0 Å². The molecule has 0 unspecified atom stereocenters. The number of aromatic nitrogens is 2. The first-order valence-electron chi connectivity index (χ1n) is 4.20. The molecule has 0 aliphatic heterocycles. The molecule has 3 nitrogen and oxygen atoms in total. The maximum Gasteiger partial charge on any atom is 0.138 e. The number of ketones is 1. The molecule has 70 valence electrons. The molecule has 1 heterocycles. The molecule has 1 aromatic heterocycles. The Bertz CT molecular complexity index is 301. The van der Waals surface area contributed by atoms with Gasteiger partial charge in [0.2, 0.25) is 0 Å². The van der Waals surface area contributed by atoms with Crippen molar-refractivity contribution in [3.05, 3.63) is 22.7 Å². The van der Waals surface area contributed by atoms with Crippen LogP contribution >= 0.6 is 15.9 Å². The highest BCUT2D eigenvalue weighted by atomic mass is 79.9. The average molecular weight is 243 g/mol. The Morgan fingerprint density at radius 3 is 3.00 bits per heavy atom. The summed E-state index contributed by atoms with van der Waals surface area (Å²) in [5.74, 6) is 0.224. The summed E-state index contributed by atoms with van der Waals surface area (Å²) in [6.07, 6.45) is 5.02. The molecule has 0 saturated heterocycles. The molecular formula is C9H11BrN2O. The van der Waals surface area contributed by atoms with Gasteiger partial charge in [-0.05, 0) is 22.4 Å². The minimum Gasteiger partial charge on any atom is -0.299 e. The zero-order valence-electron chi connectivity index (χ0n) is 7.46. The van der Waals surface area contributed by atoms with Gasteiger partial charge in [-0.1, -0.05) is 6.92 Å². The van der Waals surface area contributed by atoms with Crippen molar-refractivity contribution in [1.82, 2.24) is 9.97 Å². The Hall–Kier alpha value is -0.770. The number of carbonyl (C=O) groups is 1. The van der Waals surface area contributed by atoms with Gasteiger partial charge < -0.3 is 0 Å². The van der Waals surface area contributed by atoms with E-state index in [1.807, 2.05) is 6.92 Å². The second kappa shape index (κ2) is 5.07. The lowest BCUT2D eigenvalue weighted by Crippen LogP contribution is -2.04. The van der Waals surface area contributed by atoms with Crippen molar-refractivity contribution in [3.8, 4) is 0 Å². The summed E-state index contributed by atoms with van der Waals surface area (Å²) < 4.78 is 0.805. The molecule has 1 rings (SSSR count). The van der Waals surface area contributed by atoms with Crippen LogP contribution in [0.5, 0.6) is 0 Å². The summed E-state index contributed by atoms with van der Waals surface area (Å²) in [4.78, 5) is 19.1. The van der Waals surface area contributed by atoms with E-state index >= 15 is 0 Å². The smallest absolute Gasteiger partial charge is 0.138 e. The molecule has 4 heteroatoms. The summed E-state index contributed by atoms with van der Waals surface area (Å²) in [5, 5.41) is 0. The fourth-order valence-corrected chi connectivity index (χ4v) is 1.38. The van der Waals surface area contributed by atoms with Crippen molar-refractivity contribution >= 4 is 21.7 Å². The molecule has 0 spiro atoms. The SMILES string of the molecule is CCCC(=O)Cc1ncncc1Br. The van der Waals surface area contributed by atoms with E-state index in [-0.39, 0.29) is 5.78 Å². The van der Waals surface area contributed by atoms with Gasteiger partial charge in [0.25, 0.3) is 0 Å². The molecule has 0 atom stereocenters. The number of hydrogen-bond acceptors (Lipinski definition) is 3. The molecule has 0 aliphatic carbocycles. The maximum absolute atomic E-state index is 11.3. The third-order valence-corrected chi connectivity index (χ3v) is 2.30. The van der Waals surface area contributed by atoms with Crippen molar-refractivity contribution in [2.45, 2.75) is 26.2 Å². The molecule has 0 fully saturated rings. The summed E-state index contributed by atoms with van der Waals surface area (Å²) in [6.45, 7) is 1.99. The van der Waals surface area contributed by atoms with Crippen molar-refractivity contribution in [1.29, 1.82) is 0 Å². The Morgan fingerprint density at radius 2 is 2.38 bits per heavy atom. The molecule has 1 aromatic rings. The van der Waals surface area contributed by atoms with Crippen LogP contribution in [-0.4, -0.2) is 15.8 Å². The molecular weight excluding hydrogens is 232 g/mol. The molecule has 0 aliphatic rings. The number of hydrogen-bond donors (Lipinski definition) is 0. The van der Waals surface area contributed by atoms with Crippen LogP contribution in [0.25, 0.3) is 0 Å². The van der Waals surface area contributed by atoms with Crippen LogP contribution < -0.4 is 0 Å². The van der Waals surface area contributed by atoms with Gasteiger partial charge in [-0.25, -0.2) is 9.97 Å². The molecule has 13 heavy (non-hydrogen) atoms. The van der Waals surface area contributed by atoms with Gasteiger partial charge in [-0.2, -0.15) is 0 Å². The largest absolute Gasteiger partial charge is 0.299 e. The normalized spacial score (nSPS) is 10.0. The van der Waals surface area contributed by atoms with Crippen LogP contribution in [0, 0.1) is 0 Å². The first kappa shape index (κ1) is 10.3. The quantitative estimate of drug-likeness (QED) is 0.813. The number of Topliss-reactive ketones (excluding diaryl/α,β-unsaturated/α-hetero) is 1. The van der Waals surface area contributed by atoms with Gasteiger partial charge in [0, 0.05) is 19.0 Å². The van der Waals surface area contributed by atoms with E-state index in [4.69, 9.17) is 0 Å². The van der Waals surface area contributed by atoms with E-state index in [9.17, 15) is 4.79 Å². The first-order valence-corrected chi connectivity index (χ1v) is 4.99. The fourth-order valence-electron chi connectivity index (χ4n) is 1.02. The van der Waals surface area contributed by atoms with Crippen LogP contribution in [0.1, 0.15) is 25.5 Å². The van der Waals surface area contributed by atoms with Gasteiger partial charge in [0.15, 0.2) is 0 Å². The van der Waals surface area contributed by atoms with Gasteiger partial charge in [-0.15, -0.1) is 0 Å². The Kier molecular flexibility index (Phi) is 4.02. The number of halogens is 1. The number of nitrogens with zero attached hydrogens (tertiary/aromatic N) is 2. The van der Waals surface area contributed by atoms with Crippen molar-refractivity contribution in [2.75, 3.05) is 0 Å². The monoisotopic (exact) mass is 242 g/mol. The second-order valence-corrected chi connectivity index (χ2v) is 3.64. The fraction of sp³-hybridized carbons (Fsp3) is 0.444. The highest BCUT2D eigenvalue weighted by Gasteiger charge is 2.06.